The van der Waals surface area contributed by atoms with E-state index < -0.39 is 17.9 Å². The minimum atomic E-state index is -1.13. The Labute approximate surface area is 88.2 Å². The van der Waals surface area contributed by atoms with Crippen molar-refractivity contribution in [2.45, 2.75) is 25.8 Å². The number of carbonyl (C=O) groups is 3. The van der Waals surface area contributed by atoms with Crippen molar-refractivity contribution in [2.75, 3.05) is 14.1 Å². The lowest BCUT2D eigenvalue weighted by Gasteiger charge is -2.14. The van der Waals surface area contributed by atoms with Crippen LogP contribution in [0.4, 0.5) is 0 Å². The van der Waals surface area contributed by atoms with Crippen LogP contribution in [0.5, 0.6) is 0 Å². The molecule has 0 aromatic heterocycles. The maximum absolute atomic E-state index is 11.2. The molecule has 2 amide bonds. The molecule has 86 valence electrons. The quantitative estimate of drug-likeness (QED) is 0.645. The number of amides is 2. The van der Waals surface area contributed by atoms with E-state index in [4.69, 9.17) is 5.11 Å². The molecule has 0 radical (unpaired) electrons. The van der Waals surface area contributed by atoms with Crippen LogP contribution >= 0.6 is 0 Å². The van der Waals surface area contributed by atoms with E-state index in [1.54, 1.807) is 14.1 Å². The molecule has 0 aromatic rings. The number of carbonyl (C=O) groups excluding carboxylic acids is 2. The Morgan fingerprint density at radius 1 is 1.33 bits per heavy atom. The van der Waals surface area contributed by atoms with Gasteiger partial charge in [-0.05, 0) is 6.42 Å². The van der Waals surface area contributed by atoms with Crippen molar-refractivity contribution in [3.8, 4) is 0 Å². The van der Waals surface area contributed by atoms with Gasteiger partial charge in [0.2, 0.25) is 11.8 Å². The number of hydrogen-bond acceptors (Lipinski definition) is 3. The Balaban J connectivity index is 4.13. The van der Waals surface area contributed by atoms with Crippen molar-refractivity contribution in [2.24, 2.45) is 0 Å². The average Bonchev–Trinajstić information content (AvgIpc) is 2.10. The topological polar surface area (TPSA) is 86.7 Å². The highest BCUT2D eigenvalue weighted by molar-refractivity contribution is 5.83. The van der Waals surface area contributed by atoms with Gasteiger partial charge in [-0.2, -0.15) is 0 Å². The van der Waals surface area contributed by atoms with E-state index in [1.807, 2.05) is 0 Å². The van der Waals surface area contributed by atoms with Crippen molar-refractivity contribution < 1.29 is 19.5 Å². The first-order chi connectivity index (χ1) is 6.84. The van der Waals surface area contributed by atoms with E-state index in [0.29, 0.717) is 0 Å². The molecular formula is C9H16N2O4. The highest BCUT2D eigenvalue weighted by Crippen LogP contribution is 2.00. The van der Waals surface area contributed by atoms with Gasteiger partial charge in [-0.25, -0.2) is 4.79 Å². The van der Waals surface area contributed by atoms with Gasteiger partial charge in [0.25, 0.3) is 0 Å². The highest BCUT2D eigenvalue weighted by Gasteiger charge is 2.19. The van der Waals surface area contributed by atoms with E-state index in [1.165, 1.54) is 11.8 Å². The lowest BCUT2D eigenvalue weighted by Crippen LogP contribution is -2.40. The zero-order chi connectivity index (χ0) is 12.0. The zero-order valence-electron chi connectivity index (χ0n) is 9.11. The van der Waals surface area contributed by atoms with Gasteiger partial charge < -0.3 is 15.3 Å². The Morgan fingerprint density at radius 2 is 1.87 bits per heavy atom. The number of aliphatic carboxylic acids is 1. The van der Waals surface area contributed by atoms with E-state index >= 15 is 0 Å². The lowest BCUT2D eigenvalue weighted by molar-refractivity contribution is -0.142. The average molecular weight is 216 g/mol. The predicted molar refractivity (Wildman–Crippen MR) is 53.2 cm³/mol. The molecule has 0 aliphatic carbocycles. The summed E-state index contributed by atoms with van der Waals surface area (Å²) in [4.78, 5) is 33.9. The third-order valence-electron chi connectivity index (χ3n) is 1.82. The van der Waals surface area contributed by atoms with Crippen LogP contribution in [0.25, 0.3) is 0 Å². The van der Waals surface area contributed by atoms with Gasteiger partial charge in [-0.1, -0.05) is 0 Å². The third kappa shape index (κ3) is 5.66. The summed E-state index contributed by atoms with van der Waals surface area (Å²) in [6.45, 7) is 1.24. The molecule has 15 heavy (non-hydrogen) atoms. The Morgan fingerprint density at radius 3 is 2.20 bits per heavy atom. The number of nitrogens with zero attached hydrogens (tertiary/aromatic N) is 1. The lowest BCUT2D eigenvalue weighted by atomic mass is 10.1. The standard InChI is InChI=1S/C9H16N2O4/c1-6(12)10-7(9(14)15)4-5-8(13)11(2)3/h7H,4-5H2,1-3H3,(H,10,12)(H,14,15)/t7-/m1/s1. The first-order valence-corrected chi connectivity index (χ1v) is 4.54. The Bertz CT molecular complexity index is 263. The molecule has 0 spiro atoms. The van der Waals surface area contributed by atoms with Crippen molar-refractivity contribution in [3.05, 3.63) is 0 Å². The van der Waals surface area contributed by atoms with E-state index in [-0.39, 0.29) is 18.7 Å². The molecule has 6 nitrogen and oxygen atoms in total. The largest absolute Gasteiger partial charge is 0.480 e. The molecule has 0 aliphatic heterocycles. The monoisotopic (exact) mass is 216 g/mol. The van der Waals surface area contributed by atoms with Crippen LogP contribution in [-0.4, -0.2) is 47.9 Å². The molecule has 0 heterocycles. The molecule has 1 atom stereocenters. The summed E-state index contributed by atoms with van der Waals surface area (Å²) >= 11 is 0. The molecule has 0 unspecified atom stereocenters. The molecule has 0 bridgehead atoms. The normalized spacial score (nSPS) is 11.7. The van der Waals surface area contributed by atoms with Crippen LogP contribution in [0.3, 0.4) is 0 Å². The van der Waals surface area contributed by atoms with Crippen LogP contribution in [0.15, 0.2) is 0 Å². The number of carboxylic acid groups (broad SMARTS) is 1. The Hall–Kier alpha value is -1.59. The molecule has 6 heteroatoms. The van der Waals surface area contributed by atoms with Crippen molar-refractivity contribution in [1.82, 2.24) is 10.2 Å². The maximum atomic E-state index is 11.2. The minimum Gasteiger partial charge on any atom is -0.480 e. The predicted octanol–water partition coefficient (Wildman–Crippen LogP) is -0.556. The van der Waals surface area contributed by atoms with Gasteiger partial charge in [0.1, 0.15) is 6.04 Å². The van der Waals surface area contributed by atoms with Gasteiger partial charge >= 0.3 is 5.97 Å². The van der Waals surface area contributed by atoms with Crippen molar-refractivity contribution in [1.29, 1.82) is 0 Å². The SMILES string of the molecule is CC(=O)N[C@H](CCC(=O)N(C)C)C(=O)O. The molecule has 0 aromatic carbocycles. The van der Waals surface area contributed by atoms with Gasteiger partial charge in [-0.3, -0.25) is 9.59 Å². The van der Waals surface area contributed by atoms with E-state index in [9.17, 15) is 14.4 Å². The number of rotatable bonds is 5. The summed E-state index contributed by atoms with van der Waals surface area (Å²) < 4.78 is 0. The second-order valence-electron chi connectivity index (χ2n) is 3.42. The molecule has 0 fully saturated rings. The number of nitrogens with one attached hydrogen (secondary N) is 1. The van der Waals surface area contributed by atoms with Crippen LogP contribution in [0.1, 0.15) is 19.8 Å². The number of carboxylic acids is 1. The second kappa shape index (κ2) is 6.00. The summed E-state index contributed by atoms with van der Waals surface area (Å²) in [5, 5.41) is 11.0. The summed E-state index contributed by atoms with van der Waals surface area (Å²) in [5.41, 5.74) is 0. The molecule has 0 saturated carbocycles. The van der Waals surface area contributed by atoms with E-state index in [0.717, 1.165) is 0 Å². The molecule has 0 saturated heterocycles. The molecule has 0 rings (SSSR count). The summed E-state index contributed by atoms with van der Waals surface area (Å²) in [6, 6.07) is -0.994. The summed E-state index contributed by atoms with van der Waals surface area (Å²) in [5.74, 6) is -1.71. The first-order valence-electron chi connectivity index (χ1n) is 4.54. The highest BCUT2D eigenvalue weighted by atomic mass is 16.4. The summed E-state index contributed by atoms with van der Waals surface area (Å²) in [7, 11) is 3.19. The van der Waals surface area contributed by atoms with Crippen LogP contribution in [0, 0.1) is 0 Å². The van der Waals surface area contributed by atoms with Crippen LogP contribution in [0.2, 0.25) is 0 Å². The maximum Gasteiger partial charge on any atom is 0.326 e. The van der Waals surface area contributed by atoms with Gasteiger partial charge in [0, 0.05) is 27.4 Å². The third-order valence-corrected chi connectivity index (χ3v) is 1.82. The minimum absolute atomic E-state index is 0.101. The van der Waals surface area contributed by atoms with Crippen molar-refractivity contribution in [3.63, 3.8) is 0 Å². The van der Waals surface area contributed by atoms with Crippen molar-refractivity contribution >= 4 is 17.8 Å². The fourth-order valence-electron chi connectivity index (χ4n) is 0.994. The fourth-order valence-corrected chi connectivity index (χ4v) is 0.994. The zero-order valence-corrected chi connectivity index (χ0v) is 9.11. The molecule has 2 N–H and O–H groups in total. The van der Waals surface area contributed by atoms with Crippen LogP contribution in [-0.2, 0) is 14.4 Å². The fraction of sp³-hybridized carbons (Fsp3) is 0.667. The van der Waals surface area contributed by atoms with Gasteiger partial charge in [0.15, 0.2) is 0 Å². The second-order valence-corrected chi connectivity index (χ2v) is 3.42. The Kier molecular flexibility index (Phi) is 5.36. The molecule has 0 aliphatic rings. The van der Waals surface area contributed by atoms with Gasteiger partial charge in [0.05, 0.1) is 0 Å². The van der Waals surface area contributed by atoms with E-state index in [2.05, 4.69) is 5.32 Å². The smallest absolute Gasteiger partial charge is 0.326 e. The van der Waals surface area contributed by atoms with Crippen LogP contribution < -0.4 is 5.32 Å². The molecular weight excluding hydrogens is 200 g/mol. The first kappa shape index (κ1) is 13.4. The number of hydrogen-bond donors (Lipinski definition) is 2. The summed E-state index contributed by atoms with van der Waals surface area (Å²) in [6.07, 6.45) is 0.205. The van der Waals surface area contributed by atoms with Gasteiger partial charge in [-0.15, -0.1) is 0 Å².